The van der Waals surface area contributed by atoms with E-state index in [0.717, 1.165) is 28.5 Å². The highest BCUT2D eigenvalue weighted by Gasteiger charge is 2.14. The van der Waals surface area contributed by atoms with E-state index in [9.17, 15) is 9.59 Å². The number of carbonyl (C=O) groups is 2. The summed E-state index contributed by atoms with van der Waals surface area (Å²) in [7, 11) is 3.18. The van der Waals surface area contributed by atoms with Crippen molar-refractivity contribution in [3.63, 3.8) is 0 Å². The summed E-state index contributed by atoms with van der Waals surface area (Å²) in [4.78, 5) is 24.6. The van der Waals surface area contributed by atoms with Crippen LogP contribution in [-0.2, 0) is 4.79 Å². The zero-order chi connectivity index (χ0) is 25.5. The fourth-order valence-corrected chi connectivity index (χ4v) is 3.55. The van der Waals surface area contributed by atoms with Crippen molar-refractivity contribution in [3.8, 4) is 45.3 Å². The quantitative estimate of drug-likeness (QED) is 0.166. The highest BCUT2D eigenvalue weighted by atomic mass is 16.5. The van der Waals surface area contributed by atoms with Crippen molar-refractivity contribution in [3.05, 3.63) is 109 Å². The summed E-state index contributed by atoms with van der Waals surface area (Å²) in [6.07, 6.45) is 1.11. The topological polar surface area (TPSA) is 71.1 Å². The van der Waals surface area contributed by atoms with Crippen LogP contribution >= 0.6 is 0 Å². The Bertz CT molecular complexity index is 1370. The molecule has 4 aromatic carbocycles. The molecule has 0 saturated carbocycles. The van der Waals surface area contributed by atoms with E-state index in [1.807, 2.05) is 36.4 Å². The number of hydrogen-bond acceptors (Lipinski definition) is 6. The van der Waals surface area contributed by atoms with Gasteiger partial charge in [0.15, 0.2) is 0 Å². The molecule has 0 N–H and O–H groups in total. The minimum atomic E-state index is -0.567. The molecule has 6 heteroatoms. The van der Waals surface area contributed by atoms with Crippen LogP contribution in [0.3, 0.4) is 0 Å². The van der Waals surface area contributed by atoms with E-state index in [1.54, 1.807) is 68.8 Å². The van der Waals surface area contributed by atoms with Gasteiger partial charge in [0.2, 0.25) is 0 Å². The van der Waals surface area contributed by atoms with Crippen molar-refractivity contribution >= 4 is 11.9 Å². The minimum absolute atomic E-state index is 0.377. The van der Waals surface area contributed by atoms with E-state index >= 15 is 0 Å². The molecule has 180 valence electrons. The van der Waals surface area contributed by atoms with Crippen molar-refractivity contribution < 1.29 is 28.5 Å². The maximum atomic E-state index is 12.6. The van der Waals surface area contributed by atoms with E-state index in [1.165, 1.54) is 0 Å². The van der Waals surface area contributed by atoms with Crippen molar-refractivity contribution in [2.75, 3.05) is 14.2 Å². The fraction of sp³-hybridized carbons (Fsp3) is 0.0667. The Morgan fingerprint density at radius 2 is 1.17 bits per heavy atom. The number of hydrogen-bond donors (Lipinski definition) is 0. The molecule has 0 fully saturated rings. The molecule has 6 nitrogen and oxygen atoms in total. The van der Waals surface area contributed by atoms with E-state index in [0.29, 0.717) is 28.4 Å². The third-order valence-corrected chi connectivity index (χ3v) is 5.48. The van der Waals surface area contributed by atoms with Gasteiger partial charge in [-0.1, -0.05) is 43.0 Å². The molecule has 0 aromatic heterocycles. The first-order valence-corrected chi connectivity index (χ1v) is 11.1. The van der Waals surface area contributed by atoms with Gasteiger partial charge in [0.05, 0.1) is 19.8 Å². The third-order valence-electron chi connectivity index (χ3n) is 5.48. The standard InChI is InChI=1S/C30H24O6/c1-4-29(31)36-28-19-23(20-9-12-24(33-2)13-10-20)11-18-27(28)21-5-7-22(8-6-21)30(32)35-26-16-14-25(34-3)15-17-26/h4-19H,1H2,2-3H3. The lowest BCUT2D eigenvalue weighted by atomic mass is 9.98. The molecule has 0 amide bonds. The number of ether oxygens (including phenoxy) is 4. The van der Waals surface area contributed by atoms with E-state index in [2.05, 4.69) is 6.58 Å². The summed E-state index contributed by atoms with van der Waals surface area (Å²) < 4.78 is 21.3. The summed E-state index contributed by atoms with van der Waals surface area (Å²) in [6, 6.07) is 26.8. The molecule has 0 bridgehead atoms. The van der Waals surface area contributed by atoms with Crippen LogP contribution in [0.2, 0.25) is 0 Å². The van der Waals surface area contributed by atoms with Crippen LogP contribution in [0.15, 0.2) is 104 Å². The Morgan fingerprint density at radius 1 is 0.639 bits per heavy atom. The van der Waals surface area contributed by atoms with Crippen LogP contribution < -0.4 is 18.9 Å². The molecular weight excluding hydrogens is 456 g/mol. The largest absolute Gasteiger partial charge is 0.497 e. The normalized spacial score (nSPS) is 10.3. The van der Waals surface area contributed by atoms with Crippen LogP contribution in [0.4, 0.5) is 0 Å². The molecule has 0 aliphatic rings. The van der Waals surface area contributed by atoms with Crippen LogP contribution in [0.1, 0.15) is 10.4 Å². The van der Waals surface area contributed by atoms with Crippen molar-refractivity contribution in [1.29, 1.82) is 0 Å². The second kappa shape index (κ2) is 11.1. The lowest BCUT2D eigenvalue weighted by Gasteiger charge is -2.13. The summed E-state index contributed by atoms with van der Waals surface area (Å²) in [5.41, 5.74) is 3.65. The number of esters is 2. The van der Waals surface area contributed by atoms with Crippen LogP contribution in [0.5, 0.6) is 23.0 Å². The molecule has 0 saturated heterocycles. The highest BCUT2D eigenvalue weighted by Crippen LogP contribution is 2.35. The first kappa shape index (κ1) is 24.3. The number of carbonyl (C=O) groups excluding carboxylic acids is 2. The summed E-state index contributed by atoms with van der Waals surface area (Å²) in [5.74, 6) is 1.16. The molecule has 0 spiro atoms. The molecule has 0 heterocycles. The lowest BCUT2D eigenvalue weighted by molar-refractivity contribution is -0.128. The van der Waals surface area contributed by atoms with Gasteiger partial charge in [0, 0.05) is 11.6 Å². The van der Waals surface area contributed by atoms with Gasteiger partial charge < -0.3 is 18.9 Å². The van der Waals surface area contributed by atoms with E-state index < -0.39 is 11.9 Å². The van der Waals surface area contributed by atoms with Gasteiger partial charge in [-0.05, 0) is 71.3 Å². The number of rotatable bonds is 8. The maximum absolute atomic E-state index is 12.6. The summed E-state index contributed by atoms with van der Waals surface area (Å²) >= 11 is 0. The molecule has 36 heavy (non-hydrogen) atoms. The van der Waals surface area contributed by atoms with Gasteiger partial charge in [-0.15, -0.1) is 0 Å². The lowest BCUT2D eigenvalue weighted by Crippen LogP contribution is -2.08. The fourth-order valence-electron chi connectivity index (χ4n) is 3.55. The number of benzene rings is 4. The molecular formula is C30H24O6. The van der Waals surface area contributed by atoms with Gasteiger partial charge in [-0.3, -0.25) is 0 Å². The van der Waals surface area contributed by atoms with Crippen molar-refractivity contribution in [2.45, 2.75) is 0 Å². The SMILES string of the molecule is C=CC(=O)Oc1cc(-c2ccc(OC)cc2)ccc1-c1ccc(C(=O)Oc2ccc(OC)cc2)cc1. The highest BCUT2D eigenvalue weighted by molar-refractivity contribution is 5.92. The van der Waals surface area contributed by atoms with E-state index in [4.69, 9.17) is 18.9 Å². The molecule has 0 aliphatic carbocycles. The van der Waals surface area contributed by atoms with Crippen molar-refractivity contribution in [1.82, 2.24) is 0 Å². The zero-order valence-electron chi connectivity index (χ0n) is 19.9. The van der Waals surface area contributed by atoms with Crippen LogP contribution in [0.25, 0.3) is 22.3 Å². The first-order chi connectivity index (χ1) is 17.5. The maximum Gasteiger partial charge on any atom is 0.343 e. The smallest absolute Gasteiger partial charge is 0.343 e. The Morgan fingerprint density at radius 3 is 1.75 bits per heavy atom. The summed E-state index contributed by atoms with van der Waals surface area (Å²) in [6.45, 7) is 3.49. The Labute approximate surface area is 209 Å². The monoisotopic (exact) mass is 480 g/mol. The van der Waals surface area contributed by atoms with Crippen LogP contribution in [0, 0.1) is 0 Å². The van der Waals surface area contributed by atoms with Gasteiger partial charge in [0.25, 0.3) is 0 Å². The number of methoxy groups -OCH3 is 2. The van der Waals surface area contributed by atoms with Gasteiger partial charge in [-0.25, -0.2) is 9.59 Å². The first-order valence-electron chi connectivity index (χ1n) is 11.1. The average Bonchev–Trinajstić information content (AvgIpc) is 2.93. The van der Waals surface area contributed by atoms with Gasteiger partial charge >= 0.3 is 11.9 Å². The zero-order valence-corrected chi connectivity index (χ0v) is 19.9. The minimum Gasteiger partial charge on any atom is -0.497 e. The van der Waals surface area contributed by atoms with Gasteiger partial charge in [-0.2, -0.15) is 0 Å². The molecule has 0 unspecified atom stereocenters. The molecule has 0 aliphatic heterocycles. The second-order valence-corrected chi connectivity index (χ2v) is 7.71. The average molecular weight is 481 g/mol. The summed E-state index contributed by atoms with van der Waals surface area (Å²) in [5, 5.41) is 0. The van der Waals surface area contributed by atoms with E-state index in [-0.39, 0.29) is 0 Å². The predicted molar refractivity (Wildman–Crippen MR) is 138 cm³/mol. The molecule has 0 atom stereocenters. The Hall–Kier alpha value is -4.84. The predicted octanol–water partition coefficient (Wildman–Crippen LogP) is 6.35. The van der Waals surface area contributed by atoms with Crippen molar-refractivity contribution in [2.24, 2.45) is 0 Å². The Balaban J connectivity index is 1.59. The third kappa shape index (κ3) is 5.62. The van der Waals surface area contributed by atoms with Crippen LogP contribution in [-0.4, -0.2) is 26.2 Å². The van der Waals surface area contributed by atoms with Gasteiger partial charge in [0.1, 0.15) is 23.0 Å². The second-order valence-electron chi connectivity index (χ2n) is 7.71. The molecule has 4 rings (SSSR count). The molecule has 0 radical (unpaired) electrons. The molecule has 4 aromatic rings. The Kier molecular flexibility index (Phi) is 7.46.